The van der Waals surface area contributed by atoms with E-state index in [2.05, 4.69) is 34.4 Å². The van der Waals surface area contributed by atoms with Gasteiger partial charge >= 0.3 is 19.3 Å². The number of rotatable bonds is 10. The van der Waals surface area contributed by atoms with Crippen LogP contribution in [0.15, 0.2) is 39.9 Å². The van der Waals surface area contributed by atoms with Crippen LogP contribution in [-0.4, -0.2) is 44.6 Å². The minimum absolute atomic E-state index is 0.0168. The van der Waals surface area contributed by atoms with E-state index in [0.717, 1.165) is 25.7 Å². The minimum Gasteiger partial charge on any atom is -0.338 e. The molecule has 11 heteroatoms. The fourth-order valence-corrected chi connectivity index (χ4v) is 3.45. The molecule has 178 valence electrons. The van der Waals surface area contributed by atoms with Gasteiger partial charge in [-0.1, -0.05) is 50.2 Å². The molecule has 2 amide bonds. The van der Waals surface area contributed by atoms with Crippen LogP contribution in [-0.2, 0) is 11.1 Å². The average molecular weight is 476 g/mol. The average Bonchev–Trinajstić information content (AvgIpc) is 2.75. The summed E-state index contributed by atoms with van der Waals surface area (Å²) in [4.78, 5) is 56.2. The first-order valence-electron chi connectivity index (χ1n) is 10.7. The number of unbranched alkanes of at least 4 members (excludes halogenated alkanes) is 3. The van der Waals surface area contributed by atoms with E-state index in [1.54, 1.807) is 18.2 Å². The highest BCUT2D eigenvalue weighted by molar-refractivity contribution is 7.51. The molecule has 1 aromatic heterocycles. The zero-order valence-corrected chi connectivity index (χ0v) is 19.4. The molecule has 0 radical (unpaired) electrons. The summed E-state index contributed by atoms with van der Waals surface area (Å²) in [5, 5.41) is 5.70. The highest BCUT2D eigenvalue weighted by Crippen LogP contribution is 2.33. The predicted molar refractivity (Wildman–Crippen MR) is 127 cm³/mol. The number of urea groups is 1. The lowest BCUT2D eigenvalue weighted by molar-refractivity contribution is 0.242. The van der Waals surface area contributed by atoms with Gasteiger partial charge in [0, 0.05) is 18.7 Å². The smallest absolute Gasteiger partial charge is 0.329 e. The second kappa shape index (κ2) is 12.8. The lowest BCUT2D eigenvalue weighted by atomic mass is 10.1. The molecule has 0 bridgehead atoms. The molecule has 0 aliphatic heterocycles. The molecule has 10 nitrogen and oxygen atoms in total. The van der Waals surface area contributed by atoms with E-state index in [0.29, 0.717) is 17.6 Å². The van der Waals surface area contributed by atoms with Crippen LogP contribution in [0.25, 0.3) is 10.9 Å². The number of nitrogens with zero attached hydrogens (tertiary/aromatic N) is 1. The summed E-state index contributed by atoms with van der Waals surface area (Å²) in [5.74, 6) is 5.72. The SMILES string of the molecule is CCCCCCNC(=O)NCC#Cc1ccc2c(=O)[nH]c(=O)n(CC=CCP(=O)(O)O)c2c1. The molecule has 5 N–H and O–H groups in total. The summed E-state index contributed by atoms with van der Waals surface area (Å²) in [6.07, 6.45) is 6.57. The summed E-state index contributed by atoms with van der Waals surface area (Å²) in [6, 6.07) is 4.48. The van der Waals surface area contributed by atoms with Crippen molar-refractivity contribution in [3.8, 4) is 11.8 Å². The highest BCUT2D eigenvalue weighted by Gasteiger charge is 2.10. The Hall–Kier alpha value is -3.12. The van der Waals surface area contributed by atoms with Crippen LogP contribution in [0.1, 0.15) is 38.2 Å². The van der Waals surface area contributed by atoms with E-state index in [-0.39, 0.29) is 24.5 Å². The van der Waals surface area contributed by atoms with Crippen LogP contribution < -0.4 is 21.9 Å². The molecular weight excluding hydrogens is 447 g/mol. The second-order valence-corrected chi connectivity index (χ2v) is 9.09. The normalized spacial score (nSPS) is 11.4. The maximum absolute atomic E-state index is 12.3. The van der Waals surface area contributed by atoms with E-state index in [9.17, 15) is 18.9 Å². The third-order valence-electron chi connectivity index (χ3n) is 4.68. The highest BCUT2D eigenvalue weighted by atomic mass is 31.2. The first-order valence-corrected chi connectivity index (χ1v) is 12.5. The fourth-order valence-electron chi connectivity index (χ4n) is 3.03. The van der Waals surface area contributed by atoms with E-state index in [1.165, 1.54) is 16.7 Å². The Balaban J connectivity index is 2.07. The van der Waals surface area contributed by atoms with Crippen molar-refractivity contribution in [1.29, 1.82) is 0 Å². The van der Waals surface area contributed by atoms with Gasteiger partial charge in [0.1, 0.15) is 0 Å². The van der Waals surface area contributed by atoms with Gasteiger partial charge in [0.2, 0.25) is 0 Å². The van der Waals surface area contributed by atoms with E-state index in [4.69, 9.17) is 9.79 Å². The number of carbonyl (C=O) groups excluding carboxylic acids is 1. The maximum atomic E-state index is 12.3. The van der Waals surface area contributed by atoms with Crippen LogP contribution >= 0.6 is 7.60 Å². The second-order valence-electron chi connectivity index (χ2n) is 7.39. The number of H-pyrrole nitrogens is 1. The molecule has 0 unspecified atom stereocenters. The van der Waals surface area contributed by atoms with E-state index < -0.39 is 25.0 Å². The number of allylic oxidation sites excluding steroid dienone is 2. The van der Waals surface area contributed by atoms with Crippen molar-refractivity contribution in [1.82, 2.24) is 20.2 Å². The Kier molecular flexibility index (Phi) is 10.1. The molecule has 1 aromatic carbocycles. The summed E-state index contributed by atoms with van der Waals surface area (Å²) >= 11 is 0. The van der Waals surface area contributed by atoms with Crippen molar-refractivity contribution in [3.63, 3.8) is 0 Å². The van der Waals surface area contributed by atoms with Crippen molar-refractivity contribution in [3.05, 3.63) is 56.8 Å². The van der Waals surface area contributed by atoms with Crippen molar-refractivity contribution in [2.75, 3.05) is 19.3 Å². The molecule has 0 aliphatic rings. The van der Waals surface area contributed by atoms with Gasteiger partial charge in [-0.2, -0.15) is 0 Å². The number of benzene rings is 1. The molecule has 1 heterocycles. The van der Waals surface area contributed by atoms with E-state index in [1.807, 2.05) is 0 Å². The largest absolute Gasteiger partial charge is 0.338 e. The quantitative estimate of drug-likeness (QED) is 0.152. The van der Waals surface area contributed by atoms with Crippen LogP contribution in [0.5, 0.6) is 0 Å². The lowest BCUT2D eigenvalue weighted by Crippen LogP contribution is -2.36. The number of hydrogen-bond donors (Lipinski definition) is 5. The number of aromatic nitrogens is 2. The summed E-state index contributed by atoms with van der Waals surface area (Å²) in [7, 11) is -4.18. The van der Waals surface area contributed by atoms with Crippen LogP contribution in [0, 0.1) is 11.8 Å². The lowest BCUT2D eigenvalue weighted by Gasteiger charge is -2.07. The van der Waals surface area contributed by atoms with Crippen molar-refractivity contribution in [2.45, 2.75) is 39.2 Å². The Bertz CT molecular complexity index is 1220. The maximum Gasteiger partial charge on any atom is 0.329 e. The monoisotopic (exact) mass is 476 g/mol. The number of fused-ring (bicyclic) bond motifs is 1. The van der Waals surface area contributed by atoms with Gasteiger partial charge in [0.05, 0.1) is 23.6 Å². The van der Waals surface area contributed by atoms with Gasteiger partial charge in [-0.3, -0.25) is 18.9 Å². The number of nitrogens with one attached hydrogen (secondary N) is 3. The van der Waals surface area contributed by atoms with Crippen molar-refractivity contribution >= 4 is 24.5 Å². The molecule has 33 heavy (non-hydrogen) atoms. The van der Waals surface area contributed by atoms with Crippen molar-refractivity contribution < 1.29 is 19.1 Å². The fraction of sp³-hybridized carbons (Fsp3) is 0.409. The van der Waals surface area contributed by atoms with Gasteiger partial charge in [-0.25, -0.2) is 9.59 Å². The van der Waals surface area contributed by atoms with Gasteiger partial charge in [0.15, 0.2) is 0 Å². The number of aromatic amines is 1. The molecule has 0 fully saturated rings. The zero-order valence-electron chi connectivity index (χ0n) is 18.5. The Morgan fingerprint density at radius 3 is 2.70 bits per heavy atom. The van der Waals surface area contributed by atoms with Crippen LogP contribution in [0.3, 0.4) is 0 Å². The third kappa shape index (κ3) is 9.10. The Morgan fingerprint density at radius 1 is 1.18 bits per heavy atom. The molecular formula is C22H29N4O6P. The van der Waals surface area contributed by atoms with Crippen LogP contribution in [0.4, 0.5) is 4.79 Å². The standard InChI is InChI=1S/C22H29N4O6P/c1-2-3-4-5-12-23-21(28)24-13-8-9-17-10-11-18-19(16-17)26(22(29)25-20(18)27)14-6-7-15-33(30,31)32/h6-7,10-11,16H,2-5,12-15H2,1H3,(H2,23,24,28)(H,25,27,29)(H2,30,31,32). The zero-order chi connectivity index (χ0) is 24.3. The summed E-state index contributed by atoms with van der Waals surface area (Å²) < 4.78 is 12.2. The number of amides is 2. The van der Waals surface area contributed by atoms with Gasteiger partial charge in [-0.05, 0) is 24.6 Å². The van der Waals surface area contributed by atoms with Gasteiger partial charge < -0.3 is 20.4 Å². The molecule has 0 aliphatic carbocycles. The number of hydrogen-bond acceptors (Lipinski definition) is 4. The molecule has 0 spiro atoms. The third-order valence-corrected chi connectivity index (χ3v) is 5.37. The first-order chi connectivity index (χ1) is 15.7. The Morgan fingerprint density at radius 2 is 1.97 bits per heavy atom. The predicted octanol–water partition coefficient (Wildman–Crippen LogP) is 1.65. The summed E-state index contributed by atoms with van der Waals surface area (Å²) in [6.45, 7) is 2.88. The molecule has 0 saturated heterocycles. The van der Waals surface area contributed by atoms with Crippen molar-refractivity contribution in [2.24, 2.45) is 0 Å². The molecule has 0 saturated carbocycles. The molecule has 0 atom stereocenters. The van der Waals surface area contributed by atoms with Crippen LogP contribution in [0.2, 0.25) is 0 Å². The first kappa shape index (κ1) is 26.1. The number of carbonyl (C=O) groups is 1. The van der Waals surface area contributed by atoms with Gasteiger partial charge in [0.25, 0.3) is 5.56 Å². The molecule has 2 rings (SSSR count). The van der Waals surface area contributed by atoms with Gasteiger partial charge in [-0.15, -0.1) is 0 Å². The Labute approximate surface area is 191 Å². The minimum atomic E-state index is -4.18. The topological polar surface area (TPSA) is 154 Å². The summed E-state index contributed by atoms with van der Waals surface area (Å²) in [5.41, 5.74) is -0.297. The molecule has 2 aromatic rings. The van der Waals surface area contributed by atoms with E-state index >= 15 is 0 Å².